The maximum absolute atomic E-state index is 8.75. The van der Waals surface area contributed by atoms with Gasteiger partial charge in [0.05, 0.1) is 11.8 Å². The first-order valence-electron chi connectivity index (χ1n) is 2.97. The Morgan fingerprint density at radius 2 is 2.60 bits per heavy atom. The Labute approximate surface area is 59.1 Å². The predicted molar refractivity (Wildman–Crippen MR) is 37.1 cm³/mol. The summed E-state index contributed by atoms with van der Waals surface area (Å²) in [6, 6.07) is 0. The fourth-order valence-corrected chi connectivity index (χ4v) is 0.507. The largest absolute Gasteiger partial charge is 0.381 e. The molecule has 1 aromatic heterocycles. The number of aliphatic hydroxyl groups is 1. The minimum Gasteiger partial charge on any atom is -0.381 e. The van der Waals surface area contributed by atoms with E-state index in [-0.39, 0.29) is 0 Å². The SMILES string of the molecule is C[C@@H](O)C#Cc1cn[nH]c1. The number of nitrogens with zero attached hydrogens (tertiary/aromatic N) is 1. The average molecular weight is 136 g/mol. The van der Waals surface area contributed by atoms with E-state index in [0.717, 1.165) is 5.56 Å². The normalized spacial score (nSPS) is 11.8. The summed E-state index contributed by atoms with van der Waals surface area (Å²) in [6.45, 7) is 1.62. The highest BCUT2D eigenvalue weighted by atomic mass is 16.3. The fraction of sp³-hybridized carbons (Fsp3) is 0.286. The molecule has 2 N–H and O–H groups in total. The van der Waals surface area contributed by atoms with Crippen LogP contribution >= 0.6 is 0 Å². The van der Waals surface area contributed by atoms with Crippen LogP contribution in [-0.4, -0.2) is 21.4 Å². The van der Waals surface area contributed by atoms with E-state index in [0.29, 0.717) is 0 Å². The molecule has 0 aliphatic heterocycles. The van der Waals surface area contributed by atoms with Crippen LogP contribution in [0.5, 0.6) is 0 Å². The van der Waals surface area contributed by atoms with E-state index in [9.17, 15) is 0 Å². The second-order valence-corrected chi connectivity index (χ2v) is 1.93. The summed E-state index contributed by atoms with van der Waals surface area (Å²) < 4.78 is 0. The number of nitrogens with one attached hydrogen (secondary N) is 1. The molecule has 3 nitrogen and oxygen atoms in total. The van der Waals surface area contributed by atoms with E-state index in [1.807, 2.05) is 0 Å². The Morgan fingerprint density at radius 3 is 3.10 bits per heavy atom. The lowest BCUT2D eigenvalue weighted by molar-refractivity contribution is 0.253. The molecule has 0 aliphatic rings. The van der Waals surface area contributed by atoms with Crippen LogP contribution in [0.15, 0.2) is 12.4 Å². The van der Waals surface area contributed by atoms with Gasteiger partial charge >= 0.3 is 0 Å². The predicted octanol–water partition coefficient (Wildman–Crippen LogP) is 0.142. The molecule has 0 radical (unpaired) electrons. The number of hydrogen-bond donors (Lipinski definition) is 2. The molecule has 0 unspecified atom stereocenters. The van der Waals surface area contributed by atoms with Gasteiger partial charge in [-0.1, -0.05) is 11.8 Å². The zero-order chi connectivity index (χ0) is 7.40. The molecule has 1 heterocycles. The number of aliphatic hydroxyl groups excluding tert-OH is 1. The summed E-state index contributed by atoms with van der Waals surface area (Å²) in [5.74, 6) is 5.32. The molecule has 0 saturated heterocycles. The lowest BCUT2D eigenvalue weighted by Gasteiger charge is -1.84. The van der Waals surface area contributed by atoms with Crippen LogP contribution in [0.1, 0.15) is 12.5 Å². The van der Waals surface area contributed by atoms with Crippen LogP contribution in [0.3, 0.4) is 0 Å². The monoisotopic (exact) mass is 136 g/mol. The van der Waals surface area contributed by atoms with Gasteiger partial charge in [0.15, 0.2) is 0 Å². The molecule has 0 bridgehead atoms. The van der Waals surface area contributed by atoms with Gasteiger partial charge in [0, 0.05) is 6.20 Å². The zero-order valence-electron chi connectivity index (χ0n) is 5.63. The summed E-state index contributed by atoms with van der Waals surface area (Å²) >= 11 is 0. The summed E-state index contributed by atoms with van der Waals surface area (Å²) in [7, 11) is 0. The minimum atomic E-state index is -0.574. The molecule has 0 amide bonds. The van der Waals surface area contributed by atoms with Crippen molar-refractivity contribution in [2.75, 3.05) is 0 Å². The summed E-state index contributed by atoms with van der Waals surface area (Å²) in [5, 5.41) is 15.1. The standard InChI is InChI=1S/C7H8N2O/c1-6(10)2-3-7-4-8-9-5-7/h4-6,10H,1H3,(H,8,9)/t6-/m1/s1. The third-order valence-corrected chi connectivity index (χ3v) is 0.924. The Balaban J connectivity index is 2.66. The first kappa shape index (κ1) is 6.84. The van der Waals surface area contributed by atoms with E-state index in [1.165, 1.54) is 0 Å². The number of H-pyrrole nitrogens is 1. The third-order valence-electron chi connectivity index (χ3n) is 0.924. The van der Waals surface area contributed by atoms with Crippen molar-refractivity contribution < 1.29 is 5.11 Å². The fourth-order valence-electron chi connectivity index (χ4n) is 0.507. The van der Waals surface area contributed by atoms with E-state index in [1.54, 1.807) is 19.3 Å². The minimum absolute atomic E-state index is 0.574. The van der Waals surface area contributed by atoms with Gasteiger partial charge < -0.3 is 5.11 Å². The van der Waals surface area contributed by atoms with Crippen molar-refractivity contribution in [2.45, 2.75) is 13.0 Å². The van der Waals surface area contributed by atoms with Crippen LogP contribution in [0.2, 0.25) is 0 Å². The highest BCUT2D eigenvalue weighted by molar-refractivity contribution is 5.29. The molecular weight excluding hydrogens is 128 g/mol. The van der Waals surface area contributed by atoms with Crippen LogP contribution < -0.4 is 0 Å². The van der Waals surface area contributed by atoms with E-state index in [2.05, 4.69) is 22.0 Å². The van der Waals surface area contributed by atoms with Crippen molar-refractivity contribution in [1.82, 2.24) is 10.2 Å². The van der Waals surface area contributed by atoms with Crippen LogP contribution in [0.25, 0.3) is 0 Å². The Hall–Kier alpha value is -1.27. The maximum Gasteiger partial charge on any atom is 0.112 e. The lowest BCUT2D eigenvalue weighted by atomic mass is 10.3. The highest BCUT2D eigenvalue weighted by Crippen LogP contribution is 1.88. The second-order valence-electron chi connectivity index (χ2n) is 1.93. The first-order valence-corrected chi connectivity index (χ1v) is 2.97. The Morgan fingerprint density at radius 1 is 1.80 bits per heavy atom. The molecule has 0 aliphatic carbocycles. The quantitative estimate of drug-likeness (QED) is 0.498. The Bertz CT molecular complexity index is 240. The number of hydrogen-bond acceptors (Lipinski definition) is 2. The smallest absolute Gasteiger partial charge is 0.112 e. The molecule has 10 heavy (non-hydrogen) atoms. The van der Waals surface area contributed by atoms with Crippen LogP contribution in [0.4, 0.5) is 0 Å². The van der Waals surface area contributed by atoms with Gasteiger partial charge in [-0.25, -0.2) is 0 Å². The molecular formula is C7H8N2O. The highest BCUT2D eigenvalue weighted by Gasteiger charge is 1.86. The van der Waals surface area contributed by atoms with E-state index in [4.69, 9.17) is 5.11 Å². The van der Waals surface area contributed by atoms with E-state index < -0.39 is 6.10 Å². The molecule has 52 valence electrons. The molecule has 1 atom stereocenters. The molecule has 0 spiro atoms. The van der Waals surface area contributed by atoms with Crippen molar-refractivity contribution in [3.63, 3.8) is 0 Å². The van der Waals surface area contributed by atoms with Crippen molar-refractivity contribution in [1.29, 1.82) is 0 Å². The zero-order valence-corrected chi connectivity index (χ0v) is 5.63. The topological polar surface area (TPSA) is 48.9 Å². The van der Waals surface area contributed by atoms with Crippen molar-refractivity contribution in [2.24, 2.45) is 0 Å². The van der Waals surface area contributed by atoms with Gasteiger partial charge in [-0.05, 0) is 6.92 Å². The lowest BCUT2D eigenvalue weighted by Crippen LogP contribution is -1.92. The van der Waals surface area contributed by atoms with Gasteiger partial charge in [-0.3, -0.25) is 5.10 Å². The number of aromatic nitrogens is 2. The maximum atomic E-state index is 8.75. The molecule has 0 aromatic carbocycles. The summed E-state index contributed by atoms with van der Waals surface area (Å²) in [5.41, 5.74) is 0.793. The van der Waals surface area contributed by atoms with E-state index >= 15 is 0 Å². The van der Waals surface area contributed by atoms with Crippen molar-refractivity contribution >= 4 is 0 Å². The summed E-state index contributed by atoms with van der Waals surface area (Å²) in [6.07, 6.45) is 2.71. The molecule has 1 rings (SSSR count). The van der Waals surface area contributed by atoms with Crippen LogP contribution in [-0.2, 0) is 0 Å². The van der Waals surface area contributed by atoms with Crippen LogP contribution in [0, 0.1) is 11.8 Å². The second kappa shape index (κ2) is 3.04. The summed E-state index contributed by atoms with van der Waals surface area (Å²) in [4.78, 5) is 0. The van der Waals surface area contributed by atoms with Crippen molar-refractivity contribution in [3.8, 4) is 11.8 Å². The molecule has 1 aromatic rings. The van der Waals surface area contributed by atoms with Gasteiger partial charge in [0.1, 0.15) is 6.10 Å². The number of rotatable bonds is 0. The average Bonchev–Trinajstić information content (AvgIpc) is 2.34. The van der Waals surface area contributed by atoms with Crippen molar-refractivity contribution in [3.05, 3.63) is 18.0 Å². The van der Waals surface area contributed by atoms with Gasteiger partial charge in [-0.2, -0.15) is 5.10 Å². The van der Waals surface area contributed by atoms with Gasteiger partial charge in [0.25, 0.3) is 0 Å². The molecule has 3 heteroatoms. The third kappa shape index (κ3) is 1.92. The molecule has 0 saturated carbocycles. The van der Waals surface area contributed by atoms with Gasteiger partial charge in [-0.15, -0.1) is 0 Å². The van der Waals surface area contributed by atoms with Gasteiger partial charge in [0.2, 0.25) is 0 Å². The Kier molecular flexibility index (Phi) is 2.08. The first-order chi connectivity index (χ1) is 4.79. The number of aromatic amines is 1. The molecule has 0 fully saturated rings.